The Bertz CT molecular complexity index is 278. The highest BCUT2D eigenvalue weighted by Crippen LogP contribution is 2.34. The van der Waals surface area contributed by atoms with Crippen molar-refractivity contribution in [3.63, 3.8) is 0 Å². The first kappa shape index (κ1) is 11.0. The van der Waals surface area contributed by atoms with Gasteiger partial charge in [0.05, 0.1) is 12.3 Å². The van der Waals surface area contributed by atoms with E-state index in [4.69, 9.17) is 0 Å². The summed E-state index contributed by atoms with van der Waals surface area (Å²) in [5, 5.41) is 0. The summed E-state index contributed by atoms with van der Waals surface area (Å²) >= 11 is 0. The van der Waals surface area contributed by atoms with Gasteiger partial charge in [-0.1, -0.05) is 26.0 Å². The molecule has 1 aliphatic rings. The van der Waals surface area contributed by atoms with E-state index in [1.54, 1.807) is 0 Å². The lowest BCUT2D eigenvalue weighted by molar-refractivity contribution is -0.153. The fraction of sp³-hybridized carbons (Fsp3) is 0.636. The van der Waals surface area contributed by atoms with Crippen LogP contribution in [-0.4, -0.2) is 11.9 Å². The average Bonchev–Trinajstić information content (AvgIpc) is 2.29. The van der Waals surface area contributed by atoms with Gasteiger partial charge >= 0.3 is 11.9 Å². The number of allylic oxidation sites excluding steroid dienone is 1. The van der Waals surface area contributed by atoms with Crippen molar-refractivity contribution in [3.8, 4) is 0 Å². The van der Waals surface area contributed by atoms with Crippen LogP contribution in [0.15, 0.2) is 12.2 Å². The lowest BCUT2D eigenvalue weighted by Crippen LogP contribution is -2.24. The number of carbonyl (C=O) groups is 2. The fourth-order valence-corrected chi connectivity index (χ4v) is 2.14. The van der Waals surface area contributed by atoms with E-state index in [-0.39, 0.29) is 18.3 Å². The molecule has 0 aromatic carbocycles. The minimum atomic E-state index is -0.410. The second-order valence-corrected chi connectivity index (χ2v) is 4.22. The van der Waals surface area contributed by atoms with Crippen molar-refractivity contribution in [1.29, 1.82) is 0 Å². The first-order valence-corrected chi connectivity index (χ1v) is 4.83. The average molecular weight is 196 g/mol. The van der Waals surface area contributed by atoms with Crippen LogP contribution in [0.25, 0.3) is 0 Å². The van der Waals surface area contributed by atoms with Crippen LogP contribution in [0.4, 0.5) is 0 Å². The van der Waals surface area contributed by atoms with Gasteiger partial charge in [-0.3, -0.25) is 9.59 Å². The Balaban J connectivity index is 2.84. The Hall–Kier alpha value is -1.12. The molecule has 0 radical (unpaired) electrons. The SMILES string of the molecule is C=C(C)C(C(C)C)C1CC(=O)OC1=O. The van der Waals surface area contributed by atoms with Crippen LogP contribution >= 0.6 is 0 Å². The zero-order chi connectivity index (χ0) is 10.9. The van der Waals surface area contributed by atoms with Crippen LogP contribution in [0.5, 0.6) is 0 Å². The zero-order valence-electron chi connectivity index (χ0n) is 8.87. The molecule has 3 heteroatoms. The van der Waals surface area contributed by atoms with Gasteiger partial charge < -0.3 is 4.74 Å². The molecule has 1 heterocycles. The third kappa shape index (κ3) is 2.03. The van der Waals surface area contributed by atoms with E-state index in [0.29, 0.717) is 5.92 Å². The highest BCUT2D eigenvalue weighted by Gasteiger charge is 2.40. The normalized spacial score (nSPS) is 23.9. The molecule has 0 aromatic rings. The number of hydrogen-bond donors (Lipinski definition) is 0. The van der Waals surface area contributed by atoms with Gasteiger partial charge in [-0.2, -0.15) is 0 Å². The zero-order valence-corrected chi connectivity index (χ0v) is 8.87. The van der Waals surface area contributed by atoms with Crippen molar-refractivity contribution in [2.75, 3.05) is 0 Å². The van der Waals surface area contributed by atoms with Gasteiger partial charge in [0.1, 0.15) is 0 Å². The summed E-state index contributed by atoms with van der Waals surface area (Å²) in [6, 6.07) is 0. The van der Waals surface area contributed by atoms with E-state index in [2.05, 4.69) is 11.3 Å². The van der Waals surface area contributed by atoms with Crippen molar-refractivity contribution in [2.45, 2.75) is 27.2 Å². The monoisotopic (exact) mass is 196 g/mol. The Morgan fingerprint density at radius 2 is 2.07 bits per heavy atom. The van der Waals surface area contributed by atoms with Gasteiger partial charge in [-0.05, 0) is 18.8 Å². The van der Waals surface area contributed by atoms with Gasteiger partial charge in [-0.25, -0.2) is 0 Å². The Morgan fingerprint density at radius 3 is 2.36 bits per heavy atom. The standard InChI is InChI=1S/C11H16O3/c1-6(2)10(7(3)4)8-5-9(12)14-11(8)13/h7-8,10H,1,5H2,2-4H3. The molecule has 2 atom stereocenters. The maximum atomic E-state index is 11.4. The summed E-state index contributed by atoms with van der Waals surface area (Å²) in [7, 11) is 0. The van der Waals surface area contributed by atoms with Gasteiger partial charge in [0.15, 0.2) is 0 Å². The minimum Gasteiger partial charge on any atom is -0.393 e. The summed E-state index contributed by atoms with van der Waals surface area (Å²) in [6.45, 7) is 9.80. The molecule has 1 fully saturated rings. The van der Waals surface area contributed by atoms with E-state index in [1.165, 1.54) is 0 Å². The number of carbonyl (C=O) groups excluding carboxylic acids is 2. The molecule has 3 nitrogen and oxygen atoms in total. The predicted octanol–water partition coefficient (Wildman–Crippen LogP) is 1.92. The molecule has 0 saturated carbocycles. The lowest BCUT2D eigenvalue weighted by Gasteiger charge is -2.24. The van der Waals surface area contributed by atoms with Crippen LogP contribution in [0.2, 0.25) is 0 Å². The van der Waals surface area contributed by atoms with Crippen molar-refractivity contribution < 1.29 is 14.3 Å². The molecule has 0 N–H and O–H groups in total. The summed E-state index contributed by atoms with van der Waals surface area (Å²) < 4.78 is 4.54. The third-order valence-electron chi connectivity index (χ3n) is 2.62. The predicted molar refractivity (Wildman–Crippen MR) is 52.3 cm³/mol. The minimum absolute atomic E-state index is 0.0500. The van der Waals surface area contributed by atoms with Crippen LogP contribution < -0.4 is 0 Å². The number of ether oxygens (including phenoxy) is 1. The van der Waals surface area contributed by atoms with E-state index in [0.717, 1.165) is 5.57 Å². The van der Waals surface area contributed by atoms with Crippen molar-refractivity contribution >= 4 is 11.9 Å². The number of rotatable bonds is 3. The smallest absolute Gasteiger partial charge is 0.317 e. The van der Waals surface area contributed by atoms with Gasteiger partial charge in [0.2, 0.25) is 0 Å². The maximum Gasteiger partial charge on any atom is 0.317 e. The second-order valence-electron chi connectivity index (χ2n) is 4.22. The molecule has 0 aromatic heterocycles. The van der Waals surface area contributed by atoms with Crippen molar-refractivity contribution in [3.05, 3.63) is 12.2 Å². The molecule has 0 aliphatic carbocycles. The summed E-state index contributed by atoms with van der Waals surface area (Å²) in [5.41, 5.74) is 0.941. The molecule has 0 bridgehead atoms. The largest absolute Gasteiger partial charge is 0.393 e. The molecular formula is C11H16O3. The van der Waals surface area contributed by atoms with Crippen LogP contribution in [-0.2, 0) is 14.3 Å². The van der Waals surface area contributed by atoms with E-state index >= 15 is 0 Å². The molecule has 2 unspecified atom stereocenters. The molecule has 1 saturated heterocycles. The molecular weight excluding hydrogens is 180 g/mol. The number of cyclic esters (lactones) is 2. The van der Waals surface area contributed by atoms with Crippen molar-refractivity contribution in [1.82, 2.24) is 0 Å². The Morgan fingerprint density at radius 1 is 1.50 bits per heavy atom. The second kappa shape index (κ2) is 3.95. The Kier molecular flexibility index (Phi) is 3.09. The van der Waals surface area contributed by atoms with E-state index in [1.807, 2.05) is 20.8 Å². The number of hydrogen-bond acceptors (Lipinski definition) is 3. The molecule has 1 rings (SSSR count). The highest BCUT2D eigenvalue weighted by atomic mass is 16.6. The molecule has 1 aliphatic heterocycles. The van der Waals surface area contributed by atoms with Crippen molar-refractivity contribution in [2.24, 2.45) is 17.8 Å². The highest BCUT2D eigenvalue weighted by molar-refractivity contribution is 5.95. The first-order valence-electron chi connectivity index (χ1n) is 4.83. The van der Waals surface area contributed by atoms with Gasteiger partial charge in [-0.15, -0.1) is 0 Å². The fourth-order valence-electron chi connectivity index (χ4n) is 2.14. The van der Waals surface area contributed by atoms with Crippen LogP contribution in [0.1, 0.15) is 27.2 Å². The summed E-state index contributed by atoms with van der Waals surface area (Å²) in [6.07, 6.45) is 0.203. The maximum absolute atomic E-state index is 11.4. The third-order valence-corrected chi connectivity index (χ3v) is 2.62. The first-order chi connectivity index (χ1) is 6.43. The number of esters is 2. The van der Waals surface area contributed by atoms with E-state index < -0.39 is 11.9 Å². The van der Waals surface area contributed by atoms with Crippen LogP contribution in [0, 0.1) is 17.8 Å². The summed E-state index contributed by atoms with van der Waals surface area (Å²) in [4.78, 5) is 22.3. The lowest BCUT2D eigenvalue weighted by atomic mass is 9.78. The molecule has 78 valence electrons. The van der Waals surface area contributed by atoms with Crippen LogP contribution in [0.3, 0.4) is 0 Å². The van der Waals surface area contributed by atoms with Gasteiger partial charge in [0.25, 0.3) is 0 Å². The summed E-state index contributed by atoms with van der Waals surface area (Å²) in [5.74, 6) is -0.770. The van der Waals surface area contributed by atoms with Gasteiger partial charge in [0, 0.05) is 0 Å². The molecule has 14 heavy (non-hydrogen) atoms. The topological polar surface area (TPSA) is 43.4 Å². The molecule has 0 amide bonds. The van der Waals surface area contributed by atoms with E-state index in [9.17, 15) is 9.59 Å². The molecule has 0 spiro atoms. The Labute approximate surface area is 84.1 Å². The quantitative estimate of drug-likeness (QED) is 0.393.